The first-order chi connectivity index (χ1) is 16.6. The van der Waals surface area contributed by atoms with Crippen LogP contribution in [-0.2, 0) is 13.1 Å². The number of rotatable bonds is 10. The van der Waals surface area contributed by atoms with E-state index < -0.39 is 0 Å². The van der Waals surface area contributed by atoms with Crippen LogP contribution in [0.15, 0.2) is 61.7 Å². The molecule has 180 valence electrons. The predicted octanol–water partition coefficient (Wildman–Crippen LogP) is 5.44. The number of aryl methyl sites for hydroxylation is 4. The first-order valence-corrected chi connectivity index (χ1v) is 12.2. The van der Waals surface area contributed by atoms with Crippen molar-refractivity contribution in [1.29, 1.82) is 0 Å². The minimum atomic E-state index is 0.753. The average molecular weight is 460 g/mol. The normalized spacial score (nSPS) is 10.7. The molecule has 0 saturated heterocycles. The Bertz CT molecular complexity index is 1000. The molecular weight excluding hydrogens is 422 g/mol. The van der Waals surface area contributed by atoms with Gasteiger partial charge in [0.1, 0.15) is 0 Å². The van der Waals surface area contributed by atoms with Gasteiger partial charge >= 0.3 is 0 Å². The summed E-state index contributed by atoms with van der Waals surface area (Å²) in [4.78, 5) is 17.4. The summed E-state index contributed by atoms with van der Waals surface area (Å²) in [6, 6.07) is 8.14. The van der Waals surface area contributed by atoms with Gasteiger partial charge < -0.3 is 14.9 Å². The molecule has 0 aliphatic rings. The molecule has 0 bridgehead atoms. The molecule has 4 aromatic heterocycles. The van der Waals surface area contributed by atoms with Crippen molar-refractivity contribution in [2.75, 3.05) is 6.54 Å². The zero-order chi connectivity index (χ0) is 24.2. The van der Waals surface area contributed by atoms with E-state index in [0.717, 1.165) is 66.4 Å². The number of hydrogen-bond acceptors (Lipinski definition) is 5. The fraction of sp³-hybridized carbons (Fsp3) is 0.407. The Balaban J connectivity index is 0.000000191. The Morgan fingerprint density at radius 1 is 0.676 bits per heavy atom. The van der Waals surface area contributed by atoms with E-state index in [1.165, 1.54) is 19.3 Å². The van der Waals surface area contributed by atoms with E-state index in [1.54, 1.807) is 0 Å². The molecule has 0 aromatic carbocycles. The molecule has 2 N–H and O–H groups in total. The highest BCUT2D eigenvalue weighted by atomic mass is 15.0. The summed E-state index contributed by atoms with van der Waals surface area (Å²) >= 11 is 0. The monoisotopic (exact) mass is 459 g/mol. The molecule has 0 spiro atoms. The van der Waals surface area contributed by atoms with E-state index in [-0.39, 0.29) is 0 Å². The minimum absolute atomic E-state index is 0.753. The molecule has 34 heavy (non-hydrogen) atoms. The Labute approximate surface area is 203 Å². The van der Waals surface area contributed by atoms with Gasteiger partial charge in [-0.15, -0.1) is 0 Å². The summed E-state index contributed by atoms with van der Waals surface area (Å²) in [6.45, 7) is 8.98. The van der Waals surface area contributed by atoms with Gasteiger partial charge in [-0.25, -0.2) is 9.97 Å². The summed E-state index contributed by atoms with van der Waals surface area (Å²) in [5.41, 5.74) is 11.7. The predicted molar refractivity (Wildman–Crippen MR) is 138 cm³/mol. The smallest absolute Gasteiger partial charge is 0.0953 e. The van der Waals surface area contributed by atoms with Crippen LogP contribution in [0.5, 0.6) is 0 Å². The Kier molecular flexibility index (Phi) is 9.98. The largest absolute Gasteiger partial charge is 0.337 e. The third-order valence-corrected chi connectivity index (χ3v) is 5.57. The van der Waals surface area contributed by atoms with Gasteiger partial charge in [-0.1, -0.05) is 19.8 Å². The van der Waals surface area contributed by atoms with Crippen molar-refractivity contribution in [2.24, 2.45) is 5.73 Å². The molecular formula is C27H37N7. The van der Waals surface area contributed by atoms with Crippen molar-refractivity contribution in [1.82, 2.24) is 29.1 Å². The number of unbranched alkanes of at least 4 members (excludes halogenated alkanes) is 3. The van der Waals surface area contributed by atoms with Crippen molar-refractivity contribution in [2.45, 2.75) is 66.0 Å². The maximum atomic E-state index is 5.47. The molecule has 7 nitrogen and oxygen atoms in total. The molecule has 0 aliphatic carbocycles. The summed E-state index contributed by atoms with van der Waals surface area (Å²) in [5.74, 6) is 0. The van der Waals surface area contributed by atoms with Crippen molar-refractivity contribution >= 4 is 0 Å². The zero-order valence-corrected chi connectivity index (χ0v) is 20.7. The van der Waals surface area contributed by atoms with E-state index in [2.05, 4.69) is 60.5 Å². The Morgan fingerprint density at radius 3 is 1.59 bits per heavy atom. The maximum absolute atomic E-state index is 5.47. The van der Waals surface area contributed by atoms with Crippen LogP contribution in [0.3, 0.4) is 0 Å². The molecule has 0 radical (unpaired) electrons. The number of hydrogen-bond donors (Lipinski definition) is 1. The van der Waals surface area contributed by atoms with Gasteiger partial charge in [-0.05, 0) is 63.9 Å². The van der Waals surface area contributed by atoms with E-state index >= 15 is 0 Å². The van der Waals surface area contributed by atoms with E-state index in [9.17, 15) is 0 Å². The second-order valence-corrected chi connectivity index (χ2v) is 8.57. The second kappa shape index (κ2) is 13.4. The first-order valence-electron chi connectivity index (χ1n) is 12.2. The Hall–Kier alpha value is -3.32. The highest BCUT2D eigenvalue weighted by Gasteiger charge is 2.03. The lowest BCUT2D eigenvalue weighted by Gasteiger charge is -2.00. The van der Waals surface area contributed by atoms with Gasteiger partial charge in [0.15, 0.2) is 0 Å². The Morgan fingerprint density at radius 2 is 1.18 bits per heavy atom. The molecule has 0 atom stereocenters. The van der Waals surface area contributed by atoms with Gasteiger partial charge in [0.25, 0.3) is 0 Å². The fourth-order valence-electron chi connectivity index (χ4n) is 3.48. The van der Waals surface area contributed by atoms with Crippen molar-refractivity contribution in [3.8, 4) is 22.5 Å². The number of aromatic nitrogens is 6. The molecule has 7 heteroatoms. The summed E-state index contributed by atoms with van der Waals surface area (Å²) in [5, 5.41) is 0. The van der Waals surface area contributed by atoms with Crippen LogP contribution in [0.25, 0.3) is 22.5 Å². The van der Waals surface area contributed by atoms with E-state index in [1.807, 2.05) is 51.0 Å². The van der Waals surface area contributed by atoms with Crippen molar-refractivity contribution < 1.29 is 0 Å². The number of nitrogens with two attached hydrogens (primary N) is 1. The van der Waals surface area contributed by atoms with Gasteiger partial charge in [0.05, 0.1) is 24.0 Å². The highest BCUT2D eigenvalue weighted by molar-refractivity contribution is 5.57. The number of pyridine rings is 2. The van der Waals surface area contributed by atoms with Crippen LogP contribution in [0.4, 0.5) is 0 Å². The van der Waals surface area contributed by atoms with Gasteiger partial charge in [-0.2, -0.15) is 0 Å². The second-order valence-electron chi connectivity index (χ2n) is 8.57. The molecule has 0 saturated carbocycles. The van der Waals surface area contributed by atoms with Crippen LogP contribution >= 0.6 is 0 Å². The third-order valence-electron chi connectivity index (χ3n) is 5.57. The summed E-state index contributed by atoms with van der Waals surface area (Å²) < 4.78 is 4.26. The molecule has 4 heterocycles. The summed E-state index contributed by atoms with van der Waals surface area (Å²) in [6.07, 6.45) is 17.6. The quantitative estimate of drug-likeness (QED) is 0.319. The lowest BCUT2D eigenvalue weighted by atomic mass is 10.2. The molecule has 0 fully saturated rings. The van der Waals surface area contributed by atoms with Crippen LogP contribution in [-0.4, -0.2) is 35.6 Å². The molecule has 0 unspecified atom stereocenters. The van der Waals surface area contributed by atoms with Crippen LogP contribution < -0.4 is 5.73 Å². The topological polar surface area (TPSA) is 87.4 Å². The number of nitrogens with zero attached hydrogens (tertiary/aromatic N) is 6. The molecule has 0 aliphatic heterocycles. The van der Waals surface area contributed by atoms with E-state index in [0.29, 0.717) is 0 Å². The fourth-order valence-corrected chi connectivity index (χ4v) is 3.48. The van der Waals surface area contributed by atoms with Gasteiger partial charge in [0.2, 0.25) is 0 Å². The average Bonchev–Trinajstić information content (AvgIpc) is 3.51. The van der Waals surface area contributed by atoms with Crippen LogP contribution in [0.1, 0.15) is 50.4 Å². The summed E-state index contributed by atoms with van der Waals surface area (Å²) in [7, 11) is 0. The maximum Gasteiger partial charge on any atom is 0.0953 e. The minimum Gasteiger partial charge on any atom is -0.337 e. The molecule has 0 amide bonds. The van der Waals surface area contributed by atoms with Gasteiger partial charge in [-0.3, -0.25) is 9.97 Å². The first kappa shape index (κ1) is 25.3. The van der Waals surface area contributed by atoms with Gasteiger partial charge in [0, 0.05) is 60.4 Å². The lowest BCUT2D eigenvalue weighted by molar-refractivity contribution is 0.602. The highest BCUT2D eigenvalue weighted by Crippen LogP contribution is 2.17. The zero-order valence-electron chi connectivity index (χ0n) is 20.7. The van der Waals surface area contributed by atoms with E-state index in [4.69, 9.17) is 5.73 Å². The van der Waals surface area contributed by atoms with Crippen LogP contribution in [0, 0.1) is 13.8 Å². The third kappa shape index (κ3) is 7.92. The van der Waals surface area contributed by atoms with Crippen molar-refractivity contribution in [3.05, 3.63) is 73.1 Å². The van der Waals surface area contributed by atoms with Crippen molar-refractivity contribution in [3.63, 3.8) is 0 Å². The molecule has 4 rings (SSSR count). The number of imidazole rings is 2. The van der Waals surface area contributed by atoms with Crippen LogP contribution in [0.2, 0.25) is 0 Å². The standard InChI is InChI=1S/C14H19N3.C13H18N4/c1-3-4-5-8-17-10-14(16-11-17)13-7-6-12(2)15-9-13;1-11-4-5-12(8-15-11)13-9-17(10-16-13)7-3-2-6-14/h6-7,9-11H,3-5,8H2,1-2H3;4-5,8-10H,2-3,6-7,14H2,1H3. The SMILES string of the molecule is CCCCCn1cnc(-c2ccc(C)nc2)c1.Cc1ccc(-c2cn(CCCCN)cn2)cn1. The molecule has 4 aromatic rings. The lowest BCUT2D eigenvalue weighted by Crippen LogP contribution is -2.01.